The molecular weight excluding hydrogens is 296 g/mol. The zero-order valence-electron chi connectivity index (χ0n) is 11.4. The fourth-order valence-electron chi connectivity index (χ4n) is 2.27. The van der Waals surface area contributed by atoms with Crippen molar-refractivity contribution in [1.82, 2.24) is 4.98 Å². The maximum Gasteiger partial charge on any atom is 0.356 e. The van der Waals surface area contributed by atoms with E-state index in [2.05, 4.69) is 4.98 Å². The highest BCUT2D eigenvalue weighted by atomic mass is 32.2. The van der Waals surface area contributed by atoms with E-state index >= 15 is 0 Å². The minimum absolute atomic E-state index is 0.0337. The molecule has 3 rings (SSSR count). The van der Waals surface area contributed by atoms with E-state index in [1.54, 1.807) is 0 Å². The predicted octanol–water partition coefficient (Wildman–Crippen LogP) is 1.11. The van der Waals surface area contributed by atoms with E-state index in [0.29, 0.717) is 18.9 Å². The average Bonchev–Trinajstić information content (AvgIpc) is 3.19. The molecule has 8 heteroatoms. The van der Waals surface area contributed by atoms with Crippen LogP contribution in [0.15, 0.2) is 12.1 Å². The largest absolute Gasteiger partial charge is 0.477 e. The van der Waals surface area contributed by atoms with Crippen LogP contribution in [0.3, 0.4) is 0 Å². The highest BCUT2D eigenvalue weighted by Gasteiger charge is 2.32. The molecule has 2 fully saturated rings. The van der Waals surface area contributed by atoms with Gasteiger partial charge in [-0.15, -0.1) is 0 Å². The molecule has 0 aromatic carbocycles. The standard InChI is InChI=1S/C13H16N2O5S/c16-13(17)12-10(15-6-1-7-21(15,18)19)4-5-11(14-12)20-8-9-2-3-9/h4-5,9H,1-3,6-8H2,(H,16,17). The molecule has 2 heterocycles. The monoisotopic (exact) mass is 312 g/mol. The van der Waals surface area contributed by atoms with Crippen molar-refractivity contribution in [3.8, 4) is 5.88 Å². The highest BCUT2D eigenvalue weighted by molar-refractivity contribution is 7.93. The van der Waals surface area contributed by atoms with Crippen LogP contribution in [-0.4, -0.2) is 43.4 Å². The summed E-state index contributed by atoms with van der Waals surface area (Å²) in [5.74, 6) is -0.478. The van der Waals surface area contributed by atoms with Crippen LogP contribution in [0.25, 0.3) is 0 Å². The van der Waals surface area contributed by atoms with Crippen LogP contribution in [0.4, 0.5) is 5.69 Å². The third kappa shape index (κ3) is 2.94. The van der Waals surface area contributed by atoms with Gasteiger partial charge in [-0.3, -0.25) is 4.31 Å². The van der Waals surface area contributed by atoms with E-state index in [-0.39, 0.29) is 29.6 Å². The van der Waals surface area contributed by atoms with Crippen LogP contribution < -0.4 is 9.04 Å². The van der Waals surface area contributed by atoms with Gasteiger partial charge in [0.05, 0.1) is 18.0 Å². The van der Waals surface area contributed by atoms with E-state index in [4.69, 9.17) is 4.74 Å². The SMILES string of the molecule is O=C(O)c1nc(OCC2CC2)ccc1N1CCCS1(=O)=O. The van der Waals surface area contributed by atoms with E-state index in [1.165, 1.54) is 12.1 Å². The molecule has 0 radical (unpaired) electrons. The molecule has 0 bridgehead atoms. The zero-order chi connectivity index (χ0) is 15.0. The summed E-state index contributed by atoms with van der Waals surface area (Å²) in [4.78, 5) is 15.3. The fraction of sp³-hybridized carbons (Fsp3) is 0.538. The highest BCUT2D eigenvalue weighted by Crippen LogP contribution is 2.31. The van der Waals surface area contributed by atoms with Crippen molar-refractivity contribution in [1.29, 1.82) is 0 Å². The van der Waals surface area contributed by atoms with Crippen molar-refractivity contribution in [2.75, 3.05) is 23.2 Å². The van der Waals surface area contributed by atoms with E-state index in [0.717, 1.165) is 17.1 Å². The van der Waals surface area contributed by atoms with Crippen molar-refractivity contribution in [3.63, 3.8) is 0 Å². The second-order valence-corrected chi connectivity index (χ2v) is 7.33. The van der Waals surface area contributed by atoms with Gasteiger partial charge in [0.2, 0.25) is 15.9 Å². The maximum atomic E-state index is 11.9. The Morgan fingerprint density at radius 1 is 1.43 bits per heavy atom. The van der Waals surface area contributed by atoms with Gasteiger partial charge in [-0.1, -0.05) is 0 Å². The molecule has 0 amide bonds. The maximum absolute atomic E-state index is 11.9. The third-order valence-electron chi connectivity index (χ3n) is 3.58. The lowest BCUT2D eigenvalue weighted by Gasteiger charge is -2.18. The molecule has 7 nitrogen and oxygen atoms in total. The summed E-state index contributed by atoms with van der Waals surface area (Å²) >= 11 is 0. The van der Waals surface area contributed by atoms with Crippen LogP contribution in [0.2, 0.25) is 0 Å². The Morgan fingerprint density at radius 2 is 2.19 bits per heavy atom. The van der Waals surface area contributed by atoms with Crippen LogP contribution in [0, 0.1) is 5.92 Å². The molecule has 1 saturated carbocycles. The summed E-state index contributed by atoms with van der Waals surface area (Å²) < 4.78 is 30.4. The number of hydrogen-bond donors (Lipinski definition) is 1. The first kappa shape index (κ1) is 14.1. The number of aromatic carboxylic acids is 1. The van der Waals surface area contributed by atoms with Crippen molar-refractivity contribution >= 4 is 21.7 Å². The van der Waals surface area contributed by atoms with Crippen molar-refractivity contribution in [2.45, 2.75) is 19.3 Å². The number of carboxylic acids is 1. The Bertz CT molecular complexity index is 669. The lowest BCUT2D eigenvalue weighted by molar-refractivity contribution is 0.0690. The number of carboxylic acid groups (broad SMARTS) is 1. The molecule has 0 unspecified atom stereocenters. The quantitative estimate of drug-likeness (QED) is 0.874. The normalized spacial score (nSPS) is 20.5. The van der Waals surface area contributed by atoms with Gasteiger partial charge in [-0.2, -0.15) is 0 Å². The van der Waals surface area contributed by atoms with Crippen LogP contribution in [-0.2, 0) is 10.0 Å². The topological polar surface area (TPSA) is 96.8 Å². The summed E-state index contributed by atoms with van der Waals surface area (Å²) in [6, 6.07) is 2.99. The number of nitrogens with zero attached hydrogens (tertiary/aromatic N) is 2. The van der Waals surface area contributed by atoms with Gasteiger partial charge in [0.1, 0.15) is 0 Å². The summed E-state index contributed by atoms with van der Waals surface area (Å²) in [5.41, 5.74) is -0.174. The molecular formula is C13H16N2O5S. The van der Waals surface area contributed by atoms with Crippen molar-refractivity contribution < 1.29 is 23.1 Å². The second-order valence-electron chi connectivity index (χ2n) is 5.32. The Hall–Kier alpha value is -1.83. The number of carbonyl (C=O) groups is 1. The second kappa shape index (κ2) is 5.18. The fourth-order valence-corrected chi connectivity index (χ4v) is 3.84. The molecule has 1 aliphatic carbocycles. The number of hydrogen-bond acceptors (Lipinski definition) is 5. The third-order valence-corrected chi connectivity index (χ3v) is 5.44. The number of ether oxygens (including phenoxy) is 1. The smallest absolute Gasteiger partial charge is 0.356 e. The lowest BCUT2D eigenvalue weighted by atomic mass is 10.3. The summed E-state index contributed by atoms with van der Waals surface area (Å²) in [7, 11) is -3.44. The van der Waals surface area contributed by atoms with E-state index < -0.39 is 16.0 Å². The predicted molar refractivity (Wildman–Crippen MR) is 75.2 cm³/mol. The average molecular weight is 312 g/mol. The van der Waals surface area contributed by atoms with Crippen LogP contribution in [0.5, 0.6) is 5.88 Å². The van der Waals surface area contributed by atoms with Gasteiger partial charge in [0.25, 0.3) is 0 Å². The first-order valence-electron chi connectivity index (χ1n) is 6.85. The molecule has 2 aliphatic rings. The Morgan fingerprint density at radius 3 is 2.76 bits per heavy atom. The minimum Gasteiger partial charge on any atom is -0.477 e. The number of anilines is 1. The Labute approximate surface area is 122 Å². The van der Waals surface area contributed by atoms with Crippen LogP contribution >= 0.6 is 0 Å². The molecule has 1 aromatic rings. The lowest BCUT2D eigenvalue weighted by Crippen LogP contribution is -2.27. The molecule has 1 aromatic heterocycles. The van der Waals surface area contributed by atoms with Crippen LogP contribution in [0.1, 0.15) is 29.8 Å². The van der Waals surface area contributed by atoms with Gasteiger partial charge in [0.15, 0.2) is 5.69 Å². The van der Waals surface area contributed by atoms with Gasteiger partial charge >= 0.3 is 5.97 Å². The van der Waals surface area contributed by atoms with Gasteiger partial charge < -0.3 is 9.84 Å². The van der Waals surface area contributed by atoms with E-state index in [9.17, 15) is 18.3 Å². The van der Waals surface area contributed by atoms with Gasteiger partial charge in [0, 0.05) is 12.6 Å². The Kier molecular flexibility index (Phi) is 3.48. The van der Waals surface area contributed by atoms with Gasteiger partial charge in [-0.05, 0) is 31.2 Å². The summed E-state index contributed by atoms with van der Waals surface area (Å²) in [6.07, 6.45) is 2.73. The van der Waals surface area contributed by atoms with Gasteiger partial charge in [-0.25, -0.2) is 18.2 Å². The minimum atomic E-state index is -3.44. The summed E-state index contributed by atoms with van der Waals surface area (Å²) in [5, 5.41) is 9.27. The molecule has 1 saturated heterocycles. The molecule has 0 atom stereocenters. The Balaban J connectivity index is 1.90. The summed E-state index contributed by atoms with van der Waals surface area (Å²) in [6.45, 7) is 0.806. The first-order valence-corrected chi connectivity index (χ1v) is 8.46. The van der Waals surface area contributed by atoms with Crippen molar-refractivity contribution in [2.24, 2.45) is 5.92 Å². The van der Waals surface area contributed by atoms with E-state index in [1.807, 2.05) is 0 Å². The molecule has 1 aliphatic heterocycles. The molecule has 114 valence electrons. The van der Waals surface area contributed by atoms with Crippen molar-refractivity contribution in [3.05, 3.63) is 17.8 Å². The zero-order valence-corrected chi connectivity index (χ0v) is 12.2. The number of pyridine rings is 1. The number of aromatic nitrogens is 1. The first-order chi connectivity index (χ1) is 9.97. The molecule has 21 heavy (non-hydrogen) atoms. The number of rotatable bonds is 5. The molecule has 1 N–H and O–H groups in total. The number of sulfonamides is 1. The molecule has 0 spiro atoms.